The molecule has 1 aliphatic heterocycles. The van der Waals surface area contributed by atoms with Crippen LogP contribution in [0.5, 0.6) is 11.6 Å². The van der Waals surface area contributed by atoms with Crippen molar-refractivity contribution < 1.29 is 9.84 Å². The molecule has 4 rings (SSSR count). The zero-order valence-corrected chi connectivity index (χ0v) is 16.5. The van der Waals surface area contributed by atoms with E-state index in [0.717, 1.165) is 11.1 Å². The summed E-state index contributed by atoms with van der Waals surface area (Å²) in [7, 11) is 1.59. The lowest BCUT2D eigenvalue weighted by Gasteiger charge is -2.14. The number of hydrazone groups is 1. The summed E-state index contributed by atoms with van der Waals surface area (Å²) in [5, 5.41) is 15.0. The van der Waals surface area contributed by atoms with E-state index in [0.29, 0.717) is 24.3 Å². The summed E-state index contributed by atoms with van der Waals surface area (Å²) in [6, 6.07) is 16.9. The summed E-state index contributed by atoms with van der Waals surface area (Å²) in [4.78, 5) is 27.1. The molecule has 0 saturated heterocycles. The molecular weight excluding hydrogens is 384 g/mol. The minimum absolute atomic E-state index is 0.00700. The number of nitrogens with zero attached hydrogens (tertiary/aromatic N) is 2. The van der Waals surface area contributed by atoms with Gasteiger partial charge in [-0.3, -0.25) is 14.3 Å². The Hall–Kier alpha value is -3.81. The Morgan fingerprint density at radius 1 is 1.13 bits per heavy atom. The Morgan fingerprint density at radius 3 is 2.63 bits per heavy atom. The molecule has 1 aliphatic rings. The Kier molecular flexibility index (Phi) is 5.38. The van der Waals surface area contributed by atoms with Gasteiger partial charge in [-0.15, -0.1) is 0 Å². The third kappa shape index (κ3) is 3.71. The second-order valence-corrected chi connectivity index (χ2v) is 7.03. The maximum atomic E-state index is 12.5. The molecular formula is C22H22N4O4. The van der Waals surface area contributed by atoms with Crippen LogP contribution in [-0.2, 0) is 13.0 Å². The smallest absolute Gasteiger partial charge is 0.331 e. The Labute approximate surface area is 172 Å². The van der Waals surface area contributed by atoms with Crippen molar-refractivity contribution in [2.24, 2.45) is 5.10 Å². The van der Waals surface area contributed by atoms with E-state index in [1.165, 1.54) is 4.57 Å². The van der Waals surface area contributed by atoms with Crippen molar-refractivity contribution in [1.29, 1.82) is 0 Å². The van der Waals surface area contributed by atoms with Gasteiger partial charge in [0.15, 0.2) is 0 Å². The van der Waals surface area contributed by atoms with Crippen LogP contribution in [-0.4, -0.2) is 27.5 Å². The largest absolute Gasteiger partial charge is 0.496 e. The van der Waals surface area contributed by atoms with Crippen molar-refractivity contribution in [3.63, 3.8) is 0 Å². The number of benzene rings is 2. The molecule has 2 aromatic carbocycles. The fraction of sp³-hybridized carbons (Fsp3) is 0.227. The van der Waals surface area contributed by atoms with Gasteiger partial charge < -0.3 is 15.3 Å². The van der Waals surface area contributed by atoms with Gasteiger partial charge in [-0.1, -0.05) is 48.5 Å². The number of hydrogen-bond donors (Lipinski definition) is 3. The number of methoxy groups -OCH3 is 1. The van der Waals surface area contributed by atoms with Gasteiger partial charge >= 0.3 is 5.69 Å². The van der Waals surface area contributed by atoms with E-state index in [-0.39, 0.29) is 24.0 Å². The second-order valence-electron chi connectivity index (χ2n) is 7.03. The highest BCUT2D eigenvalue weighted by Gasteiger charge is 2.28. The first kappa shape index (κ1) is 19.5. The van der Waals surface area contributed by atoms with Crippen molar-refractivity contribution >= 4 is 5.71 Å². The van der Waals surface area contributed by atoms with E-state index in [1.54, 1.807) is 7.11 Å². The number of aromatic amines is 1. The minimum Gasteiger partial charge on any atom is -0.496 e. The van der Waals surface area contributed by atoms with Gasteiger partial charge in [-0.25, -0.2) is 4.79 Å². The minimum atomic E-state index is -0.658. The highest BCUT2D eigenvalue weighted by atomic mass is 16.5. The number of H-pyrrole nitrogens is 1. The number of aromatic hydroxyl groups is 1. The number of hydrogen-bond acceptors (Lipinski definition) is 6. The molecule has 8 nitrogen and oxygen atoms in total. The molecule has 1 aromatic heterocycles. The molecule has 0 aliphatic carbocycles. The van der Waals surface area contributed by atoms with E-state index in [1.807, 2.05) is 54.6 Å². The average molecular weight is 406 g/mol. The monoisotopic (exact) mass is 406 g/mol. The topological polar surface area (TPSA) is 109 Å². The Morgan fingerprint density at radius 2 is 1.87 bits per heavy atom. The molecule has 0 radical (unpaired) electrons. The molecule has 0 spiro atoms. The van der Waals surface area contributed by atoms with Crippen LogP contribution in [0.4, 0.5) is 0 Å². The number of aromatic nitrogens is 2. The van der Waals surface area contributed by atoms with E-state index >= 15 is 0 Å². The van der Waals surface area contributed by atoms with E-state index < -0.39 is 11.2 Å². The van der Waals surface area contributed by atoms with Crippen LogP contribution in [0.3, 0.4) is 0 Å². The predicted molar refractivity (Wildman–Crippen MR) is 113 cm³/mol. The first-order valence-corrected chi connectivity index (χ1v) is 9.64. The average Bonchev–Trinajstić information content (AvgIpc) is 3.23. The summed E-state index contributed by atoms with van der Waals surface area (Å²) in [5.41, 5.74) is 4.00. The van der Waals surface area contributed by atoms with Gasteiger partial charge in [0.05, 0.1) is 18.9 Å². The van der Waals surface area contributed by atoms with Crippen molar-refractivity contribution in [2.75, 3.05) is 7.11 Å². The van der Waals surface area contributed by atoms with Crippen molar-refractivity contribution in [3.05, 3.63) is 92.1 Å². The summed E-state index contributed by atoms with van der Waals surface area (Å²) < 4.78 is 6.57. The van der Waals surface area contributed by atoms with Crippen LogP contribution in [0.15, 0.2) is 69.3 Å². The molecule has 154 valence electrons. The first-order valence-electron chi connectivity index (χ1n) is 9.64. The zero-order chi connectivity index (χ0) is 21.1. The molecule has 2 heterocycles. The molecule has 0 amide bonds. The Balaban J connectivity index is 1.62. The van der Waals surface area contributed by atoms with Gasteiger partial charge in [0.2, 0.25) is 5.88 Å². The molecule has 3 N–H and O–H groups in total. The number of rotatable bonds is 6. The molecule has 1 unspecified atom stereocenters. The van der Waals surface area contributed by atoms with Gasteiger partial charge in [-0.2, -0.15) is 5.10 Å². The van der Waals surface area contributed by atoms with Crippen LogP contribution >= 0.6 is 0 Å². The predicted octanol–water partition coefficient (Wildman–Crippen LogP) is 1.93. The standard InChI is InChI=1S/C22H22N4O4/c1-30-18-10-6-5-9-15(18)16-13-17(25-24-16)19-20(27)23-22(29)26(21(19)28)12-11-14-7-3-2-4-8-14/h2-10,16,24,28H,11-13H2,1H3,(H,23,27,29). The third-order valence-electron chi connectivity index (χ3n) is 5.19. The lowest BCUT2D eigenvalue weighted by molar-refractivity contribution is 0.399. The highest BCUT2D eigenvalue weighted by molar-refractivity contribution is 6.03. The molecule has 8 heteroatoms. The van der Waals surface area contributed by atoms with E-state index in [9.17, 15) is 14.7 Å². The zero-order valence-electron chi connectivity index (χ0n) is 16.5. The van der Waals surface area contributed by atoms with Crippen molar-refractivity contribution in [1.82, 2.24) is 15.0 Å². The molecule has 1 atom stereocenters. The summed E-state index contributed by atoms with van der Waals surface area (Å²) in [6.07, 6.45) is 0.905. The molecule has 3 aromatic rings. The summed E-state index contributed by atoms with van der Waals surface area (Å²) in [5.74, 6) is 0.332. The number of aryl methyl sites for hydroxylation is 1. The SMILES string of the molecule is COc1ccccc1C1CC(c2c(O)n(CCc3ccccc3)c(=O)[nH]c2=O)=NN1. The van der Waals surface area contributed by atoms with E-state index in [4.69, 9.17) is 4.74 Å². The molecule has 30 heavy (non-hydrogen) atoms. The van der Waals surface area contributed by atoms with Gasteiger partial charge in [-0.05, 0) is 18.1 Å². The number of nitrogens with one attached hydrogen (secondary N) is 2. The summed E-state index contributed by atoms with van der Waals surface area (Å²) in [6.45, 7) is 0.231. The third-order valence-corrected chi connectivity index (χ3v) is 5.19. The van der Waals surface area contributed by atoms with Crippen LogP contribution in [0.25, 0.3) is 0 Å². The quantitative estimate of drug-likeness (QED) is 0.580. The van der Waals surface area contributed by atoms with Crippen LogP contribution in [0.1, 0.15) is 29.2 Å². The highest BCUT2D eigenvalue weighted by Crippen LogP contribution is 2.31. The van der Waals surface area contributed by atoms with Gasteiger partial charge in [0.25, 0.3) is 5.56 Å². The molecule has 0 fully saturated rings. The maximum Gasteiger partial charge on any atom is 0.331 e. The van der Waals surface area contributed by atoms with Crippen LogP contribution in [0.2, 0.25) is 0 Å². The van der Waals surface area contributed by atoms with Crippen molar-refractivity contribution in [2.45, 2.75) is 25.4 Å². The van der Waals surface area contributed by atoms with Crippen LogP contribution in [0, 0.1) is 0 Å². The second kappa shape index (κ2) is 8.28. The number of para-hydroxylation sites is 1. The summed E-state index contributed by atoms with van der Waals surface area (Å²) >= 11 is 0. The molecule has 0 bridgehead atoms. The van der Waals surface area contributed by atoms with Crippen molar-refractivity contribution in [3.8, 4) is 11.6 Å². The maximum absolute atomic E-state index is 12.5. The lowest BCUT2D eigenvalue weighted by atomic mass is 9.99. The van der Waals surface area contributed by atoms with Gasteiger partial charge in [0, 0.05) is 18.5 Å². The van der Waals surface area contributed by atoms with Crippen LogP contribution < -0.4 is 21.4 Å². The first-order chi connectivity index (χ1) is 14.6. The molecule has 0 saturated carbocycles. The van der Waals surface area contributed by atoms with Gasteiger partial charge in [0.1, 0.15) is 11.3 Å². The Bertz CT molecular complexity index is 1200. The normalized spacial score (nSPS) is 15.5. The number of ether oxygens (including phenoxy) is 1. The van der Waals surface area contributed by atoms with E-state index in [2.05, 4.69) is 15.5 Å². The fourth-order valence-corrected chi connectivity index (χ4v) is 3.65. The lowest BCUT2D eigenvalue weighted by Crippen LogP contribution is -2.34. The fourth-order valence-electron chi connectivity index (χ4n) is 3.65.